The topological polar surface area (TPSA) is 12.0 Å². The van der Waals surface area contributed by atoms with Gasteiger partial charge in [0.1, 0.15) is 0 Å². The second-order valence-corrected chi connectivity index (χ2v) is 8.08. The van der Waals surface area contributed by atoms with Gasteiger partial charge < -0.3 is 0 Å². The molecule has 0 bridgehead atoms. The summed E-state index contributed by atoms with van der Waals surface area (Å²) in [6, 6.07) is 0. The van der Waals surface area contributed by atoms with Gasteiger partial charge in [-0.2, -0.15) is 0 Å². The third-order valence-corrected chi connectivity index (χ3v) is 3.82. The molecular formula is C7H18AsN. The van der Waals surface area contributed by atoms with E-state index in [1.165, 1.54) is 24.6 Å². The Morgan fingerprint density at radius 1 is 1.22 bits per heavy atom. The maximum absolute atomic E-state index is 3.16. The van der Waals surface area contributed by atoms with E-state index < -0.39 is 0 Å². The van der Waals surface area contributed by atoms with Gasteiger partial charge in [-0.3, -0.25) is 0 Å². The Morgan fingerprint density at radius 2 is 1.89 bits per heavy atom. The number of hydrogen-bond acceptors (Lipinski definition) is 1. The van der Waals surface area contributed by atoms with E-state index in [2.05, 4.69) is 16.7 Å². The van der Waals surface area contributed by atoms with E-state index in [0.29, 0.717) is 0 Å². The maximum atomic E-state index is 3.16. The molecule has 2 heteroatoms. The molecule has 1 N–H and O–H groups in total. The van der Waals surface area contributed by atoms with Gasteiger partial charge in [-0.15, -0.1) is 0 Å². The van der Waals surface area contributed by atoms with Crippen molar-refractivity contribution in [1.82, 2.24) is 5.32 Å². The number of hydrogen-bond donors (Lipinski definition) is 1. The Bertz CT molecular complexity index is 54.9. The molecule has 0 aliphatic heterocycles. The third-order valence-electron chi connectivity index (χ3n) is 1.28. The van der Waals surface area contributed by atoms with Gasteiger partial charge in [0.05, 0.1) is 0 Å². The Kier molecular flexibility index (Phi) is 7.02. The summed E-state index contributed by atoms with van der Waals surface area (Å²) in [6.07, 6.45) is 2.80. The van der Waals surface area contributed by atoms with E-state index in [1.807, 2.05) is 7.05 Å². The van der Waals surface area contributed by atoms with Crippen molar-refractivity contribution in [3.8, 4) is 0 Å². The van der Waals surface area contributed by atoms with Crippen LogP contribution in [0.5, 0.6) is 0 Å². The number of unbranched alkanes of at least 4 members (excludes halogenated alkanes) is 1. The zero-order valence-corrected chi connectivity index (χ0v) is 8.65. The average Bonchev–Trinajstić information content (AvgIpc) is 1.80. The molecule has 56 valence electrons. The summed E-state index contributed by atoms with van der Waals surface area (Å²) in [7, 11) is 2.02. The molecule has 0 heterocycles. The molecule has 0 saturated heterocycles. The summed E-state index contributed by atoms with van der Waals surface area (Å²) >= 11 is -0.297. The van der Waals surface area contributed by atoms with Gasteiger partial charge in [-0.1, -0.05) is 0 Å². The van der Waals surface area contributed by atoms with Crippen LogP contribution >= 0.6 is 0 Å². The van der Waals surface area contributed by atoms with Crippen LogP contribution in [-0.2, 0) is 0 Å². The van der Waals surface area contributed by atoms with E-state index in [0.717, 1.165) is 0 Å². The fraction of sp³-hybridized carbons (Fsp3) is 1.00. The standard InChI is InChI=1S/C7H18AsN/c1-8(2)6-4-5-7-9-3/h9H,4-7H2,1-3H3. The van der Waals surface area contributed by atoms with Crippen molar-refractivity contribution in [3.63, 3.8) is 0 Å². The molecule has 9 heavy (non-hydrogen) atoms. The summed E-state index contributed by atoms with van der Waals surface area (Å²) in [5, 5.41) is 4.68. The second-order valence-electron chi connectivity index (χ2n) is 2.61. The molecule has 0 atom stereocenters. The van der Waals surface area contributed by atoms with Crippen molar-refractivity contribution in [2.45, 2.75) is 29.5 Å². The summed E-state index contributed by atoms with van der Waals surface area (Å²) in [5.41, 5.74) is 4.85. The Hall–Kier alpha value is 0.518. The van der Waals surface area contributed by atoms with Gasteiger partial charge >= 0.3 is 63.0 Å². The first-order chi connectivity index (χ1) is 4.27. The molecule has 0 aliphatic carbocycles. The molecule has 0 saturated carbocycles. The van der Waals surface area contributed by atoms with Crippen LogP contribution in [0.4, 0.5) is 0 Å². The van der Waals surface area contributed by atoms with E-state index in [-0.39, 0.29) is 14.7 Å². The van der Waals surface area contributed by atoms with Crippen LogP contribution in [0.15, 0.2) is 0 Å². The zero-order chi connectivity index (χ0) is 7.11. The quantitative estimate of drug-likeness (QED) is 0.515. The average molecular weight is 191 g/mol. The number of nitrogens with one attached hydrogen (secondary N) is 1. The van der Waals surface area contributed by atoms with Crippen molar-refractivity contribution < 1.29 is 0 Å². The van der Waals surface area contributed by atoms with Crippen molar-refractivity contribution in [2.24, 2.45) is 0 Å². The first-order valence-electron chi connectivity index (χ1n) is 3.56. The molecule has 0 rings (SSSR count). The monoisotopic (exact) mass is 191 g/mol. The van der Waals surface area contributed by atoms with Crippen molar-refractivity contribution >= 4 is 14.7 Å². The predicted octanol–water partition coefficient (Wildman–Crippen LogP) is 1.74. The molecule has 0 unspecified atom stereocenters. The van der Waals surface area contributed by atoms with Crippen molar-refractivity contribution in [2.75, 3.05) is 13.6 Å². The molecule has 1 nitrogen and oxygen atoms in total. The third kappa shape index (κ3) is 8.52. The first-order valence-corrected chi connectivity index (χ1v) is 8.64. The molecule has 0 amide bonds. The van der Waals surface area contributed by atoms with Crippen LogP contribution in [0.3, 0.4) is 0 Å². The van der Waals surface area contributed by atoms with Gasteiger partial charge in [0.15, 0.2) is 0 Å². The fourth-order valence-electron chi connectivity index (χ4n) is 0.730. The van der Waals surface area contributed by atoms with Crippen LogP contribution in [0.2, 0.25) is 16.6 Å². The molecule has 0 radical (unpaired) electrons. The second kappa shape index (κ2) is 6.64. The van der Waals surface area contributed by atoms with Gasteiger partial charge in [-0.25, -0.2) is 0 Å². The fourth-order valence-corrected chi connectivity index (χ4v) is 2.53. The summed E-state index contributed by atoms with van der Waals surface area (Å²) in [5.74, 6) is 0. The van der Waals surface area contributed by atoms with Crippen LogP contribution in [0.1, 0.15) is 12.8 Å². The van der Waals surface area contributed by atoms with Crippen LogP contribution in [0, 0.1) is 0 Å². The zero-order valence-electron chi connectivity index (χ0n) is 6.78. The molecule has 0 fully saturated rings. The molecule has 0 aromatic rings. The van der Waals surface area contributed by atoms with Gasteiger partial charge in [0.2, 0.25) is 0 Å². The van der Waals surface area contributed by atoms with Gasteiger partial charge in [0, 0.05) is 0 Å². The van der Waals surface area contributed by atoms with Crippen LogP contribution in [-0.4, -0.2) is 28.2 Å². The Morgan fingerprint density at radius 3 is 2.33 bits per heavy atom. The summed E-state index contributed by atoms with van der Waals surface area (Å²) < 4.78 is 0. The molecule has 0 aromatic heterocycles. The van der Waals surface area contributed by atoms with Gasteiger partial charge in [-0.05, 0) is 0 Å². The molecule has 0 aromatic carbocycles. The molecule has 0 aliphatic rings. The predicted molar refractivity (Wildman–Crippen MR) is 45.4 cm³/mol. The van der Waals surface area contributed by atoms with E-state index in [9.17, 15) is 0 Å². The van der Waals surface area contributed by atoms with Crippen molar-refractivity contribution in [1.29, 1.82) is 0 Å². The number of rotatable bonds is 5. The first kappa shape index (κ1) is 9.52. The van der Waals surface area contributed by atoms with E-state index in [4.69, 9.17) is 0 Å². The normalized spacial score (nSPS) is 10.7. The van der Waals surface area contributed by atoms with Gasteiger partial charge in [0.25, 0.3) is 0 Å². The minimum atomic E-state index is -0.297. The summed E-state index contributed by atoms with van der Waals surface area (Å²) in [4.78, 5) is 0. The van der Waals surface area contributed by atoms with E-state index in [1.54, 1.807) is 0 Å². The Labute approximate surface area is 63.5 Å². The van der Waals surface area contributed by atoms with Crippen molar-refractivity contribution in [3.05, 3.63) is 0 Å². The van der Waals surface area contributed by atoms with E-state index >= 15 is 0 Å². The SMILES string of the molecule is CNCCCC[As](C)C. The summed E-state index contributed by atoms with van der Waals surface area (Å²) in [6.45, 7) is 1.20. The Balaban J connectivity index is 2.75. The minimum absolute atomic E-state index is 0.297. The molecule has 0 spiro atoms. The molecular weight excluding hydrogens is 173 g/mol. The van der Waals surface area contributed by atoms with Crippen LogP contribution < -0.4 is 5.32 Å². The van der Waals surface area contributed by atoms with Crippen LogP contribution in [0.25, 0.3) is 0 Å².